The van der Waals surface area contributed by atoms with Gasteiger partial charge in [-0.1, -0.05) is 37.3 Å². The minimum absolute atomic E-state index is 0.0562. The van der Waals surface area contributed by atoms with E-state index in [1.54, 1.807) is 4.90 Å². The average molecular weight is 331 g/mol. The van der Waals surface area contributed by atoms with E-state index in [4.69, 9.17) is 4.74 Å². The Balaban J connectivity index is 1.71. The molecule has 2 aliphatic rings. The van der Waals surface area contributed by atoms with Gasteiger partial charge in [-0.15, -0.1) is 0 Å². The molecule has 0 aromatic heterocycles. The van der Waals surface area contributed by atoms with Gasteiger partial charge in [0.25, 0.3) is 0 Å². The van der Waals surface area contributed by atoms with Gasteiger partial charge in [0.1, 0.15) is 0 Å². The van der Waals surface area contributed by atoms with E-state index in [9.17, 15) is 14.7 Å². The number of rotatable bonds is 5. The van der Waals surface area contributed by atoms with E-state index in [0.29, 0.717) is 39.1 Å². The van der Waals surface area contributed by atoms with Crippen molar-refractivity contribution in [2.75, 3.05) is 26.3 Å². The molecule has 2 fully saturated rings. The lowest BCUT2D eigenvalue weighted by molar-refractivity contribution is -0.157. The summed E-state index contributed by atoms with van der Waals surface area (Å²) in [6.07, 6.45) is 1.82. The molecule has 2 heterocycles. The third-order valence-electron chi connectivity index (χ3n) is 5.67. The molecule has 1 amide bonds. The fourth-order valence-electron chi connectivity index (χ4n) is 4.05. The normalized spacial score (nSPS) is 27.5. The summed E-state index contributed by atoms with van der Waals surface area (Å²) in [5.74, 6) is -0.648. The van der Waals surface area contributed by atoms with Crippen LogP contribution in [0, 0.1) is 11.3 Å². The van der Waals surface area contributed by atoms with Crippen LogP contribution in [0.1, 0.15) is 37.7 Å². The largest absolute Gasteiger partial charge is 0.481 e. The summed E-state index contributed by atoms with van der Waals surface area (Å²) >= 11 is 0. The lowest BCUT2D eigenvalue weighted by Gasteiger charge is -2.33. The summed E-state index contributed by atoms with van der Waals surface area (Å²) in [5, 5.41) is 9.71. The van der Waals surface area contributed by atoms with Crippen LogP contribution in [0.2, 0.25) is 0 Å². The topological polar surface area (TPSA) is 66.8 Å². The van der Waals surface area contributed by atoms with Crippen molar-refractivity contribution in [3.05, 3.63) is 35.9 Å². The molecule has 5 heteroatoms. The van der Waals surface area contributed by atoms with E-state index < -0.39 is 11.4 Å². The van der Waals surface area contributed by atoms with E-state index >= 15 is 0 Å². The van der Waals surface area contributed by atoms with E-state index in [2.05, 4.69) is 19.1 Å². The van der Waals surface area contributed by atoms with Crippen LogP contribution in [0.25, 0.3) is 0 Å². The maximum absolute atomic E-state index is 12.8. The van der Waals surface area contributed by atoms with E-state index in [-0.39, 0.29) is 17.7 Å². The lowest BCUT2D eigenvalue weighted by atomic mass is 9.74. The third kappa shape index (κ3) is 3.05. The van der Waals surface area contributed by atoms with Crippen LogP contribution >= 0.6 is 0 Å². The summed E-state index contributed by atoms with van der Waals surface area (Å²) in [6.45, 7) is 3.80. The predicted octanol–water partition coefficient (Wildman–Crippen LogP) is 2.52. The predicted molar refractivity (Wildman–Crippen MR) is 89.7 cm³/mol. The molecule has 3 atom stereocenters. The lowest BCUT2D eigenvalue weighted by Crippen LogP contribution is -2.45. The molecule has 1 unspecified atom stereocenters. The van der Waals surface area contributed by atoms with Gasteiger partial charge >= 0.3 is 5.97 Å². The number of amides is 1. The molecular weight excluding hydrogens is 306 g/mol. The summed E-state index contributed by atoms with van der Waals surface area (Å²) in [7, 11) is 0. The van der Waals surface area contributed by atoms with Gasteiger partial charge in [0.05, 0.1) is 12.0 Å². The second-order valence-electron chi connectivity index (χ2n) is 6.98. The molecule has 2 saturated heterocycles. The van der Waals surface area contributed by atoms with Gasteiger partial charge in [-0.3, -0.25) is 9.59 Å². The number of ether oxygens (including phenoxy) is 1. The Morgan fingerprint density at radius 3 is 2.75 bits per heavy atom. The Hall–Kier alpha value is -1.88. The first-order valence-corrected chi connectivity index (χ1v) is 8.70. The number of likely N-dealkylation sites (tertiary alicyclic amines) is 1. The standard InChI is InChI=1S/C19H25NO4/c1-2-14(15-6-4-3-5-7-15)10-17(21)20-11-16-12-24-9-8-19(16,13-20)18(22)23/h3-7,14,16H,2,8-13H2,1H3,(H,22,23)/t14?,16-,19+/m0/s1. The molecule has 0 radical (unpaired) electrons. The number of hydrogen-bond donors (Lipinski definition) is 1. The van der Waals surface area contributed by atoms with Crippen LogP contribution in [0.15, 0.2) is 30.3 Å². The number of hydrogen-bond acceptors (Lipinski definition) is 3. The Labute approximate surface area is 142 Å². The molecule has 5 nitrogen and oxygen atoms in total. The molecule has 0 aliphatic carbocycles. The maximum Gasteiger partial charge on any atom is 0.311 e. The van der Waals surface area contributed by atoms with Crippen molar-refractivity contribution in [2.45, 2.75) is 32.1 Å². The molecule has 3 rings (SSSR count). The number of fused-ring (bicyclic) bond motifs is 1. The van der Waals surface area contributed by atoms with Crippen molar-refractivity contribution in [2.24, 2.45) is 11.3 Å². The maximum atomic E-state index is 12.8. The van der Waals surface area contributed by atoms with Crippen molar-refractivity contribution in [1.82, 2.24) is 4.90 Å². The number of carbonyl (C=O) groups excluding carboxylic acids is 1. The van der Waals surface area contributed by atoms with E-state index in [0.717, 1.165) is 6.42 Å². The Morgan fingerprint density at radius 1 is 1.38 bits per heavy atom. The Bertz CT molecular complexity index is 603. The molecule has 1 N–H and O–H groups in total. The van der Waals surface area contributed by atoms with Crippen molar-refractivity contribution in [3.63, 3.8) is 0 Å². The highest BCUT2D eigenvalue weighted by atomic mass is 16.5. The molecular formula is C19H25NO4. The molecule has 130 valence electrons. The van der Waals surface area contributed by atoms with Gasteiger partial charge in [0, 0.05) is 32.0 Å². The van der Waals surface area contributed by atoms with E-state index in [1.165, 1.54) is 5.56 Å². The van der Waals surface area contributed by atoms with Gasteiger partial charge in [-0.25, -0.2) is 0 Å². The number of carbonyl (C=O) groups is 2. The number of carboxylic acid groups (broad SMARTS) is 1. The first-order chi connectivity index (χ1) is 11.6. The zero-order valence-corrected chi connectivity index (χ0v) is 14.1. The van der Waals surface area contributed by atoms with Gasteiger partial charge < -0.3 is 14.7 Å². The second kappa shape index (κ2) is 6.93. The average Bonchev–Trinajstić information content (AvgIpc) is 3.01. The van der Waals surface area contributed by atoms with Crippen molar-refractivity contribution in [1.29, 1.82) is 0 Å². The van der Waals surface area contributed by atoms with Crippen LogP contribution in [-0.2, 0) is 14.3 Å². The number of benzene rings is 1. The van der Waals surface area contributed by atoms with Gasteiger partial charge in [-0.05, 0) is 24.3 Å². The highest BCUT2D eigenvalue weighted by molar-refractivity contribution is 5.81. The molecule has 0 saturated carbocycles. The van der Waals surface area contributed by atoms with Crippen LogP contribution in [0.4, 0.5) is 0 Å². The summed E-state index contributed by atoms with van der Waals surface area (Å²) in [5.41, 5.74) is 0.351. The Morgan fingerprint density at radius 2 is 2.12 bits per heavy atom. The first kappa shape index (κ1) is 17.0. The van der Waals surface area contributed by atoms with Crippen LogP contribution in [0.5, 0.6) is 0 Å². The van der Waals surface area contributed by atoms with Gasteiger partial charge in [0.2, 0.25) is 5.91 Å². The Kier molecular flexibility index (Phi) is 4.90. The fourth-order valence-corrected chi connectivity index (χ4v) is 4.05. The van der Waals surface area contributed by atoms with Crippen LogP contribution in [0.3, 0.4) is 0 Å². The van der Waals surface area contributed by atoms with Crippen molar-refractivity contribution < 1.29 is 19.4 Å². The van der Waals surface area contributed by atoms with Crippen molar-refractivity contribution in [3.8, 4) is 0 Å². The number of nitrogens with zero attached hydrogens (tertiary/aromatic N) is 1. The number of aliphatic carboxylic acids is 1. The third-order valence-corrected chi connectivity index (χ3v) is 5.67. The smallest absolute Gasteiger partial charge is 0.311 e. The minimum Gasteiger partial charge on any atom is -0.481 e. The SMILES string of the molecule is CCC(CC(=O)N1C[C@H]2COCC[C@@]2(C(=O)O)C1)c1ccccc1. The first-order valence-electron chi connectivity index (χ1n) is 8.70. The molecule has 0 bridgehead atoms. The molecule has 0 spiro atoms. The van der Waals surface area contributed by atoms with Crippen molar-refractivity contribution >= 4 is 11.9 Å². The number of carboxylic acids is 1. The fraction of sp³-hybridized carbons (Fsp3) is 0.579. The summed E-state index contributed by atoms with van der Waals surface area (Å²) in [4.78, 5) is 26.4. The van der Waals surface area contributed by atoms with E-state index in [1.807, 2.05) is 18.2 Å². The van der Waals surface area contributed by atoms with Gasteiger partial charge in [-0.2, -0.15) is 0 Å². The highest BCUT2D eigenvalue weighted by Gasteiger charge is 2.54. The quantitative estimate of drug-likeness (QED) is 0.900. The molecule has 1 aromatic carbocycles. The second-order valence-corrected chi connectivity index (χ2v) is 6.98. The molecule has 24 heavy (non-hydrogen) atoms. The van der Waals surface area contributed by atoms with Crippen LogP contribution in [-0.4, -0.2) is 48.2 Å². The van der Waals surface area contributed by atoms with Crippen LogP contribution < -0.4 is 0 Å². The summed E-state index contributed by atoms with van der Waals surface area (Å²) < 4.78 is 5.46. The zero-order chi connectivity index (χ0) is 17.2. The molecule has 2 aliphatic heterocycles. The monoisotopic (exact) mass is 331 g/mol. The minimum atomic E-state index is -0.817. The van der Waals surface area contributed by atoms with Gasteiger partial charge in [0.15, 0.2) is 0 Å². The molecule has 1 aromatic rings. The zero-order valence-electron chi connectivity index (χ0n) is 14.1. The summed E-state index contributed by atoms with van der Waals surface area (Å²) in [6, 6.07) is 10.1. The highest BCUT2D eigenvalue weighted by Crippen LogP contribution is 2.43.